The lowest BCUT2D eigenvalue weighted by atomic mass is 10.1. The third-order valence-corrected chi connectivity index (χ3v) is 5.34. The largest absolute Gasteiger partial charge is 0.487 e. The second kappa shape index (κ2) is 11.0. The summed E-state index contributed by atoms with van der Waals surface area (Å²) in [5.41, 5.74) is 0.228. The van der Waals surface area contributed by atoms with Crippen molar-refractivity contribution in [3.63, 3.8) is 0 Å². The Morgan fingerprint density at radius 3 is 2.59 bits per heavy atom. The van der Waals surface area contributed by atoms with Crippen LogP contribution in [0, 0.1) is 16.0 Å². The predicted molar refractivity (Wildman–Crippen MR) is 126 cm³/mol. The minimum Gasteiger partial charge on any atom is -0.487 e. The molecule has 0 fully saturated rings. The minimum atomic E-state index is -0.518. The monoisotopic (exact) mass is 471 g/mol. The molecule has 0 saturated heterocycles. The van der Waals surface area contributed by atoms with Crippen LogP contribution in [-0.2, 0) is 26.6 Å². The van der Waals surface area contributed by atoms with E-state index in [-0.39, 0.29) is 36.0 Å². The highest BCUT2D eigenvalue weighted by Gasteiger charge is 2.19. The van der Waals surface area contributed by atoms with Crippen molar-refractivity contribution in [2.24, 2.45) is 13.0 Å². The summed E-state index contributed by atoms with van der Waals surface area (Å²) in [6.07, 6.45) is 2.64. The zero-order valence-electron chi connectivity index (χ0n) is 19.6. The first-order chi connectivity index (χ1) is 16.2. The van der Waals surface area contributed by atoms with E-state index >= 15 is 0 Å². The number of hydrogen-bond donors (Lipinski definition) is 1. The number of aliphatic hydroxyl groups is 1. The number of unbranched alkanes of at least 4 members (excludes halogenated alkanes) is 2. The van der Waals surface area contributed by atoms with E-state index in [1.165, 1.54) is 29.8 Å². The van der Waals surface area contributed by atoms with Gasteiger partial charge in [-0.1, -0.05) is 26.3 Å². The Labute approximate surface area is 195 Å². The molecule has 2 heterocycles. The molecule has 3 aromatic rings. The number of aryl methyl sites for hydroxylation is 1. The summed E-state index contributed by atoms with van der Waals surface area (Å²) in [6.45, 7) is 4.33. The fourth-order valence-electron chi connectivity index (χ4n) is 3.61. The van der Waals surface area contributed by atoms with Gasteiger partial charge in [-0.2, -0.15) is 0 Å². The quantitative estimate of drug-likeness (QED) is 0.255. The van der Waals surface area contributed by atoms with Crippen LogP contribution in [0.15, 0.2) is 33.9 Å². The van der Waals surface area contributed by atoms with Crippen molar-refractivity contribution in [2.75, 3.05) is 6.61 Å². The zero-order valence-corrected chi connectivity index (χ0v) is 19.6. The van der Waals surface area contributed by atoms with Crippen LogP contribution < -0.4 is 16.0 Å². The van der Waals surface area contributed by atoms with Crippen LogP contribution in [0.1, 0.15) is 44.5 Å². The lowest BCUT2D eigenvalue weighted by Crippen LogP contribution is -2.40. The Morgan fingerprint density at radius 2 is 1.91 bits per heavy atom. The van der Waals surface area contributed by atoms with Gasteiger partial charge in [-0.15, -0.1) is 0 Å². The molecule has 2 aromatic heterocycles. The molecule has 1 N–H and O–H groups in total. The molecule has 0 atom stereocenters. The first kappa shape index (κ1) is 25.0. The molecule has 11 heteroatoms. The number of nitrogens with zero attached hydrogens (tertiary/aromatic N) is 5. The molecule has 0 amide bonds. The lowest BCUT2D eigenvalue weighted by molar-refractivity contribution is -0.384. The Kier molecular flexibility index (Phi) is 8.11. The number of aromatic nitrogens is 4. The maximum atomic E-state index is 12.8. The topological polar surface area (TPSA) is 142 Å². The van der Waals surface area contributed by atoms with E-state index in [1.807, 2.05) is 13.8 Å². The molecular formula is C23H29N5O6. The summed E-state index contributed by atoms with van der Waals surface area (Å²) in [5, 5.41) is 20.1. The molecule has 0 aliphatic carbocycles. The molecule has 34 heavy (non-hydrogen) atoms. The van der Waals surface area contributed by atoms with Crippen molar-refractivity contribution < 1.29 is 14.8 Å². The predicted octanol–water partition coefficient (Wildman–Crippen LogP) is 2.34. The minimum absolute atomic E-state index is 0.0372. The fraction of sp³-hybridized carbons (Fsp3) is 0.478. The van der Waals surface area contributed by atoms with E-state index in [4.69, 9.17) is 9.84 Å². The SMILES string of the molecule is CC(C)Cn1c(=O)n(C)c(=O)c2nc(CCCCCO)c(COc3cccc([N+](=O)[O-])c3)nc21. The number of nitro groups is 1. The molecule has 0 spiro atoms. The van der Waals surface area contributed by atoms with Crippen LogP contribution in [0.4, 0.5) is 5.69 Å². The average molecular weight is 472 g/mol. The van der Waals surface area contributed by atoms with E-state index in [0.29, 0.717) is 36.5 Å². The third-order valence-electron chi connectivity index (χ3n) is 5.34. The summed E-state index contributed by atoms with van der Waals surface area (Å²) in [5.74, 6) is 0.425. The molecular weight excluding hydrogens is 442 g/mol. The van der Waals surface area contributed by atoms with Crippen molar-refractivity contribution in [3.05, 3.63) is 66.6 Å². The number of hydrogen-bond acceptors (Lipinski definition) is 8. The Bertz CT molecular complexity index is 1300. The van der Waals surface area contributed by atoms with Gasteiger partial charge in [0.1, 0.15) is 18.1 Å². The Morgan fingerprint density at radius 1 is 1.15 bits per heavy atom. The van der Waals surface area contributed by atoms with Crippen molar-refractivity contribution in [1.29, 1.82) is 0 Å². The molecule has 3 rings (SSSR count). The van der Waals surface area contributed by atoms with Gasteiger partial charge in [0, 0.05) is 26.3 Å². The normalized spacial score (nSPS) is 11.3. The number of non-ortho nitro benzene ring substituents is 1. The lowest BCUT2D eigenvalue weighted by Gasteiger charge is -2.16. The number of rotatable bonds is 11. The molecule has 182 valence electrons. The van der Waals surface area contributed by atoms with E-state index < -0.39 is 16.2 Å². The highest BCUT2D eigenvalue weighted by molar-refractivity contribution is 5.69. The van der Waals surface area contributed by atoms with Gasteiger partial charge in [-0.3, -0.25) is 24.0 Å². The Hall–Kier alpha value is -3.60. The van der Waals surface area contributed by atoms with Gasteiger partial charge in [0.25, 0.3) is 11.2 Å². The highest BCUT2D eigenvalue weighted by atomic mass is 16.6. The maximum absolute atomic E-state index is 12.8. The first-order valence-corrected chi connectivity index (χ1v) is 11.2. The fourth-order valence-corrected chi connectivity index (χ4v) is 3.61. The van der Waals surface area contributed by atoms with Gasteiger partial charge >= 0.3 is 5.69 Å². The van der Waals surface area contributed by atoms with Crippen LogP contribution in [0.25, 0.3) is 11.2 Å². The van der Waals surface area contributed by atoms with Crippen molar-refractivity contribution >= 4 is 16.9 Å². The van der Waals surface area contributed by atoms with E-state index in [1.54, 1.807) is 6.07 Å². The van der Waals surface area contributed by atoms with Gasteiger partial charge in [0.2, 0.25) is 0 Å². The molecule has 0 aliphatic rings. The van der Waals surface area contributed by atoms with Gasteiger partial charge in [-0.05, 0) is 31.2 Å². The zero-order chi connectivity index (χ0) is 24.8. The van der Waals surface area contributed by atoms with Crippen molar-refractivity contribution in [1.82, 2.24) is 19.1 Å². The molecule has 1 aromatic carbocycles. The third kappa shape index (κ3) is 5.66. The number of aliphatic hydroxyl groups excluding tert-OH is 1. The van der Waals surface area contributed by atoms with Crippen molar-refractivity contribution in [2.45, 2.75) is 52.7 Å². The molecule has 0 saturated carbocycles. The second-order valence-corrected chi connectivity index (χ2v) is 8.52. The van der Waals surface area contributed by atoms with Gasteiger partial charge in [-0.25, -0.2) is 14.8 Å². The molecule has 0 radical (unpaired) electrons. The van der Waals surface area contributed by atoms with Crippen LogP contribution in [0.3, 0.4) is 0 Å². The van der Waals surface area contributed by atoms with Crippen LogP contribution in [-0.4, -0.2) is 35.7 Å². The van der Waals surface area contributed by atoms with E-state index in [9.17, 15) is 19.7 Å². The van der Waals surface area contributed by atoms with E-state index in [0.717, 1.165) is 17.4 Å². The molecule has 11 nitrogen and oxygen atoms in total. The maximum Gasteiger partial charge on any atom is 0.332 e. The van der Waals surface area contributed by atoms with E-state index in [2.05, 4.69) is 9.97 Å². The number of ether oxygens (including phenoxy) is 1. The smallest absolute Gasteiger partial charge is 0.332 e. The number of nitro benzene ring substituents is 1. The number of benzene rings is 1. The average Bonchev–Trinajstić information content (AvgIpc) is 2.81. The Balaban J connectivity index is 2.07. The summed E-state index contributed by atoms with van der Waals surface area (Å²) in [4.78, 5) is 45.4. The first-order valence-electron chi connectivity index (χ1n) is 11.2. The second-order valence-electron chi connectivity index (χ2n) is 8.52. The van der Waals surface area contributed by atoms with Crippen LogP contribution >= 0.6 is 0 Å². The van der Waals surface area contributed by atoms with Gasteiger partial charge < -0.3 is 9.84 Å². The summed E-state index contributed by atoms with van der Waals surface area (Å²) >= 11 is 0. The number of fused-ring (bicyclic) bond motifs is 1. The molecule has 0 unspecified atom stereocenters. The highest BCUT2D eigenvalue weighted by Crippen LogP contribution is 2.21. The van der Waals surface area contributed by atoms with Gasteiger partial charge in [0.15, 0.2) is 11.2 Å². The molecule has 0 aliphatic heterocycles. The van der Waals surface area contributed by atoms with Crippen LogP contribution in [0.5, 0.6) is 5.75 Å². The van der Waals surface area contributed by atoms with Gasteiger partial charge in [0.05, 0.1) is 16.7 Å². The summed E-state index contributed by atoms with van der Waals surface area (Å²) < 4.78 is 8.27. The summed E-state index contributed by atoms with van der Waals surface area (Å²) in [6, 6.07) is 5.82. The molecule has 0 bridgehead atoms. The summed E-state index contributed by atoms with van der Waals surface area (Å²) in [7, 11) is 1.42. The van der Waals surface area contributed by atoms with Crippen LogP contribution in [0.2, 0.25) is 0 Å². The van der Waals surface area contributed by atoms with Crippen molar-refractivity contribution in [3.8, 4) is 5.75 Å². The standard InChI is InChI=1S/C23H29N5O6/c1-15(2)13-27-21-20(22(30)26(3)23(27)31)24-18(10-5-4-6-11-29)19(25-21)14-34-17-9-7-8-16(12-17)28(32)33/h7-9,12,15,29H,4-6,10-11,13-14H2,1-3H3.